The molecule has 0 aliphatic carbocycles. The second kappa shape index (κ2) is 7.83. The van der Waals surface area contributed by atoms with Crippen LogP contribution in [0.1, 0.15) is 63.8 Å². The van der Waals surface area contributed by atoms with Crippen LogP contribution in [0.5, 0.6) is 0 Å². The molecule has 0 spiro atoms. The van der Waals surface area contributed by atoms with Crippen LogP contribution in [0.3, 0.4) is 0 Å². The summed E-state index contributed by atoms with van der Waals surface area (Å²) in [7, 11) is 0. The highest BCUT2D eigenvalue weighted by Crippen LogP contribution is 2.29. The smallest absolute Gasteiger partial charge is 0.137 e. The summed E-state index contributed by atoms with van der Waals surface area (Å²) in [6, 6.07) is 2.18. The zero-order valence-electron chi connectivity index (χ0n) is 13.5. The lowest BCUT2D eigenvalue weighted by molar-refractivity contribution is 0.0904. The first-order valence-electron chi connectivity index (χ1n) is 7.34. The lowest BCUT2D eigenvalue weighted by Gasteiger charge is -2.15. The molecule has 20 heavy (non-hydrogen) atoms. The molecule has 0 saturated heterocycles. The van der Waals surface area contributed by atoms with E-state index >= 15 is 0 Å². The van der Waals surface area contributed by atoms with E-state index < -0.39 is 0 Å². The third-order valence-electron chi connectivity index (χ3n) is 3.11. The number of hydrogen-bond donors (Lipinski definition) is 0. The minimum Gasteiger partial charge on any atom is -0.392 e. The quantitative estimate of drug-likeness (QED) is 0.782. The largest absolute Gasteiger partial charge is 0.392 e. The van der Waals surface area contributed by atoms with Crippen LogP contribution in [-0.2, 0) is 4.84 Å². The lowest BCUT2D eigenvalue weighted by Crippen LogP contribution is -2.17. The van der Waals surface area contributed by atoms with Gasteiger partial charge in [-0.15, -0.1) is 0 Å². The van der Waals surface area contributed by atoms with E-state index in [1.807, 2.05) is 39.1 Å². The summed E-state index contributed by atoms with van der Waals surface area (Å²) in [4.78, 5) is 9.78. The van der Waals surface area contributed by atoms with Crippen LogP contribution < -0.4 is 0 Å². The van der Waals surface area contributed by atoms with Gasteiger partial charge < -0.3 is 4.84 Å². The van der Waals surface area contributed by atoms with Crippen molar-refractivity contribution >= 4 is 11.8 Å². The average molecular weight is 274 g/mol. The number of oxime groups is 1. The van der Waals surface area contributed by atoms with Crippen molar-refractivity contribution in [1.82, 2.24) is 4.98 Å². The number of aromatic nitrogens is 1. The summed E-state index contributed by atoms with van der Waals surface area (Å²) in [5.41, 5.74) is 4.42. The molecule has 2 unspecified atom stereocenters. The molecule has 2 rings (SSSR count). The highest BCUT2D eigenvalue weighted by Gasteiger charge is 2.29. The topological polar surface area (TPSA) is 34.5 Å². The standard InChI is InChI=1S/C14H18N2O.C3H8/c1-5-6-13-9(2)7-12(8-15-13)14-10(3)16-17-11(14)4;1-3-2/h5-8,11,14H,1-4H3;3H2,1-2H3/b6-5-;. The van der Waals surface area contributed by atoms with Gasteiger partial charge in [-0.1, -0.05) is 37.6 Å². The van der Waals surface area contributed by atoms with Crippen molar-refractivity contribution in [1.29, 1.82) is 0 Å². The van der Waals surface area contributed by atoms with Crippen molar-refractivity contribution in [2.45, 2.75) is 60.0 Å². The minimum absolute atomic E-state index is 0.101. The maximum absolute atomic E-state index is 5.30. The summed E-state index contributed by atoms with van der Waals surface area (Å²) in [6.45, 7) is 12.4. The van der Waals surface area contributed by atoms with E-state index in [9.17, 15) is 0 Å². The number of nitrogens with zero attached hydrogens (tertiary/aromatic N) is 2. The van der Waals surface area contributed by atoms with Crippen LogP contribution in [0.15, 0.2) is 23.5 Å². The fourth-order valence-corrected chi connectivity index (χ4v) is 2.25. The van der Waals surface area contributed by atoms with Crippen LogP contribution >= 0.6 is 0 Å². The van der Waals surface area contributed by atoms with Gasteiger partial charge in [0.1, 0.15) is 6.10 Å². The Labute approximate surface area is 122 Å². The van der Waals surface area contributed by atoms with E-state index in [1.54, 1.807) is 0 Å². The van der Waals surface area contributed by atoms with Gasteiger partial charge >= 0.3 is 0 Å². The predicted molar refractivity (Wildman–Crippen MR) is 86.0 cm³/mol. The van der Waals surface area contributed by atoms with Crippen molar-refractivity contribution in [3.05, 3.63) is 35.2 Å². The summed E-state index contributed by atoms with van der Waals surface area (Å²) in [5.74, 6) is 0.237. The molecule has 1 aliphatic heterocycles. The second-order valence-corrected chi connectivity index (χ2v) is 5.20. The van der Waals surface area contributed by atoms with Crippen molar-refractivity contribution in [2.75, 3.05) is 0 Å². The van der Waals surface area contributed by atoms with E-state index in [4.69, 9.17) is 4.84 Å². The van der Waals surface area contributed by atoms with Crippen LogP contribution in [0, 0.1) is 6.92 Å². The predicted octanol–water partition coefficient (Wildman–Crippen LogP) is 4.72. The molecule has 0 fully saturated rings. The summed E-state index contributed by atoms with van der Waals surface area (Å²) < 4.78 is 0. The van der Waals surface area contributed by atoms with Gasteiger partial charge in [0.2, 0.25) is 0 Å². The number of rotatable bonds is 2. The normalized spacial score (nSPS) is 21.2. The van der Waals surface area contributed by atoms with Gasteiger partial charge in [-0.05, 0) is 44.9 Å². The van der Waals surface area contributed by atoms with Gasteiger partial charge in [-0.25, -0.2) is 0 Å². The highest BCUT2D eigenvalue weighted by molar-refractivity contribution is 5.90. The maximum atomic E-state index is 5.30. The lowest BCUT2D eigenvalue weighted by atomic mass is 9.91. The molecule has 110 valence electrons. The Morgan fingerprint density at radius 3 is 2.40 bits per heavy atom. The van der Waals surface area contributed by atoms with Gasteiger partial charge in [0.05, 0.1) is 17.3 Å². The summed E-state index contributed by atoms with van der Waals surface area (Å²) in [5, 5.41) is 4.04. The van der Waals surface area contributed by atoms with E-state index in [-0.39, 0.29) is 12.0 Å². The number of pyridine rings is 1. The van der Waals surface area contributed by atoms with Gasteiger partial charge in [0.25, 0.3) is 0 Å². The van der Waals surface area contributed by atoms with Crippen LogP contribution in [0.25, 0.3) is 6.08 Å². The van der Waals surface area contributed by atoms with E-state index in [2.05, 4.69) is 37.0 Å². The number of aryl methyl sites for hydroxylation is 1. The first kappa shape index (κ1) is 16.4. The Kier molecular flexibility index (Phi) is 6.43. The minimum atomic E-state index is 0.101. The molecule has 0 aromatic carbocycles. The van der Waals surface area contributed by atoms with Crippen molar-refractivity contribution in [3.8, 4) is 0 Å². The van der Waals surface area contributed by atoms with E-state index in [0.29, 0.717) is 0 Å². The highest BCUT2D eigenvalue weighted by atomic mass is 16.6. The molecule has 0 amide bonds. The van der Waals surface area contributed by atoms with Crippen molar-refractivity contribution < 1.29 is 4.84 Å². The zero-order valence-corrected chi connectivity index (χ0v) is 13.5. The summed E-state index contributed by atoms with van der Waals surface area (Å²) in [6.07, 6.45) is 7.30. The monoisotopic (exact) mass is 274 g/mol. The second-order valence-electron chi connectivity index (χ2n) is 5.20. The Hall–Kier alpha value is -1.64. The fourth-order valence-electron chi connectivity index (χ4n) is 2.25. The molecule has 1 aromatic heterocycles. The molecule has 0 radical (unpaired) electrons. The average Bonchev–Trinajstić information content (AvgIpc) is 2.73. The van der Waals surface area contributed by atoms with Gasteiger partial charge in [0.15, 0.2) is 0 Å². The molecule has 2 heterocycles. The zero-order chi connectivity index (χ0) is 15.1. The van der Waals surface area contributed by atoms with Gasteiger partial charge in [-0.2, -0.15) is 0 Å². The fraction of sp³-hybridized carbons (Fsp3) is 0.529. The van der Waals surface area contributed by atoms with E-state index in [1.165, 1.54) is 17.5 Å². The Bertz CT molecular complexity index is 492. The van der Waals surface area contributed by atoms with Crippen LogP contribution in [-0.4, -0.2) is 16.8 Å². The Balaban J connectivity index is 0.000000612. The first-order chi connectivity index (χ1) is 9.54. The van der Waals surface area contributed by atoms with Crippen molar-refractivity contribution in [2.24, 2.45) is 5.16 Å². The molecule has 1 aliphatic rings. The van der Waals surface area contributed by atoms with Crippen LogP contribution in [0.2, 0.25) is 0 Å². The first-order valence-corrected chi connectivity index (χ1v) is 7.34. The molecule has 2 atom stereocenters. The molecule has 1 aromatic rings. The molecule has 0 N–H and O–H groups in total. The SMILES string of the molecule is C/C=C\c1ncc(C2C(C)=NOC2C)cc1C.CCC. The number of allylic oxidation sites excluding steroid dienone is 1. The molecular formula is C17H26N2O. The van der Waals surface area contributed by atoms with Crippen LogP contribution in [0.4, 0.5) is 0 Å². The molecule has 3 heteroatoms. The van der Waals surface area contributed by atoms with E-state index in [0.717, 1.165) is 11.4 Å². The Morgan fingerprint density at radius 2 is 1.95 bits per heavy atom. The van der Waals surface area contributed by atoms with Gasteiger partial charge in [0, 0.05) is 6.20 Å². The van der Waals surface area contributed by atoms with Crippen molar-refractivity contribution in [3.63, 3.8) is 0 Å². The molecule has 0 bridgehead atoms. The third kappa shape index (κ3) is 3.92. The molecule has 0 saturated carbocycles. The van der Waals surface area contributed by atoms with Gasteiger partial charge in [-0.3, -0.25) is 4.98 Å². The number of hydrogen-bond acceptors (Lipinski definition) is 3. The molecular weight excluding hydrogens is 248 g/mol. The Morgan fingerprint density at radius 1 is 1.30 bits per heavy atom. The molecule has 3 nitrogen and oxygen atoms in total. The maximum Gasteiger partial charge on any atom is 0.137 e. The summed E-state index contributed by atoms with van der Waals surface area (Å²) >= 11 is 0. The third-order valence-corrected chi connectivity index (χ3v) is 3.11.